The third-order valence-corrected chi connectivity index (χ3v) is 3.21. The number of aliphatic hydroxyl groups is 1. The Hall–Kier alpha value is -2.24. The number of rotatable bonds is 7. The Morgan fingerprint density at radius 3 is 1.85 bits per heavy atom. The van der Waals surface area contributed by atoms with E-state index in [1.54, 1.807) is 0 Å². The van der Waals surface area contributed by atoms with Gasteiger partial charge in [0, 0.05) is 20.8 Å². The van der Waals surface area contributed by atoms with E-state index in [0.29, 0.717) is 0 Å². The molecule has 1 aliphatic rings. The number of esters is 4. The third-order valence-electron chi connectivity index (χ3n) is 3.21. The third kappa shape index (κ3) is 5.93. The lowest BCUT2D eigenvalue weighted by molar-refractivity contribution is -0.302. The highest BCUT2D eigenvalue weighted by molar-refractivity contribution is 5.77. The van der Waals surface area contributed by atoms with Gasteiger partial charge in [-0.1, -0.05) is 0 Å². The number of aliphatic hydroxyl groups excluding tert-OH is 1. The van der Waals surface area contributed by atoms with Crippen LogP contribution in [0.2, 0.25) is 0 Å². The highest BCUT2D eigenvalue weighted by Crippen LogP contribution is 2.30. The minimum atomic E-state index is -1.51. The SMILES string of the molecule is COC(=O)[C@H]1OC(OCCO)[C@H](OC(C)=O)[C@@H](OC(C)=O)[C@@H]1OC(C)=O. The fourth-order valence-corrected chi connectivity index (χ4v) is 2.38. The van der Waals surface area contributed by atoms with Gasteiger partial charge in [0.1, 0.15) is 0 Å². The Balaban J connectivity index is 3.30. The molecule has 0 aromatic carbocycles. The van der Waals surface area contributed by atoms with Crippen LogP contribution in [0.4, 0.5) is 0 Å². The molecule has 0 radical (unpaired) electrons. The molecular weight excluding hydrogens is 356 g/mol. The van der Waals surface area contributed by atoms with Crippen molar-refractivity contribution in [3.05, 3.63) is 0 Å². The van der Waals surface area contributed by atoms with Crippen LogP contribution in [0.25, 0.3) is 0 Å². The van der Waals surface area contributed by atoms with Crippen LogP contribution in [0.3, 0.4) is 0 Å². The summed E-state index contributed by atoms with van der Waals surface area (Å²) in [6, 6.07) is 0. The first kappa shape index (κ1) is 21.8. The molecule has 1 rings (SSSR count). The van der Waals surface area contributed by atoms with Crippen molar-refractivity contribution in [2.75, 3.05) is 20.3 Å². The van der Waals surface area contributed by atoms with E-state index in [4.69, 9.17) is 28.8 Å². The van der Waals surface area contributed by atoms with Crippen molar-refractivity contribution in [3.8, 4) is 0 Å². The van der Waals surface area contributed by atoms with Crippen LogP contribution < -0.4 is 0 Å². The minimum absolute atomic E-state index is 0.221. The van der Waals surface area contributed by atoms with Gasteiger partial charge in [-0.2, -0.15) is 0 Å². The molecular formula is C15H22O11. The second-order valence-corrected chi connectivity index (χ2v) is 5.26. The number of methoxy groups -OCH3 is 1. The summed E-state index contributed by atoms with van der Waals surface area (Å²) in [5.41, 5.74) is 0. The van der Waals surface area contributed by atoms with Crippen molar-refractivity contribution in [1.29, 1.82) is 0 Å². The number of carbonyl (C=O) groups is 4. The van der Waals surface area contributed by atoms with Crippen LogP contribution in [0, 0.1) is 0 Å². The number of ether oxygens (including phenoxy) is 6. The highest BCUT2D eigenvalue weighted by Gasteiger charge is 2.55. The lowest BCUT2D eigenvalue weighted by atomic mass is 9.97. The average Bonchev–Trinajstić information content (AvgIpc) is 2.55. The van der Waals surface area contributed by atoms with Crippen LogP contribution in [0.15, 0.2) is 0 Å². The van der Waals surface area contributed by atoms with Gasteiger partial charge in [-0.15, -0.1) is 0 Å². The Bertz CT molecular complexity index is 532. The molecule has 11 heteroatoms. The molecule has 0 amide bonds. The van der Waals surface area contributed by atoms with Crippen LogP contribution >= 0.6 is 0 Å². The molecule has 11 nitrogen and oxygen atoms in total. The van der Waals surface area contributed by atoms with E-state index in [-0.39, 0.29) is 13.2 Å². The summed E-state index contributed by atoms with van der Waals surface area (Å²) in [6.07, 6.45) is -7.09. The molecule has 148 valence electrons. The first-order valence-electron chi connectivity index (χ1n) is 7.68. The van der Waals surface area contributed by atoms with Gasteiger partial charge in [-0.3, -0.25) is 14.4 Å². The van der Waals surface area contributed by atoms with Gasteiger partial charge in [0.25, 0.3) is 0 Å². The van der Waals surface area contributed by atoms with Crippen molar-refractivity contribution in [2.45, 2.75) is 51.5 Å². The summed E-state index contributed by atoms with van der Waals surface area (Å²) in [5.74, 6) is -3.25. The van der Waals surface area contributed by atoms with Gasteiger partial charge >= 0.3 is 23.9 Å². The zero-order chi connectivity index (χ0) is 19.9. The van der Waals surface area contributed by atoms with Gasteiger partial charge < -0.3 is 33.5 Å². The maximum atomic E-state index is 12.0. The van der Waals surface area contributed by atoms with Crippen LogP contribution in [-0.4, -0.2) is 80.0 Å². The maximum absolute atomic E-state index is 12.0. The number of carbonyl (C=O) groups excluding carboxylic acids is 4. The fourth-order valence-electron chi connectivity index (χ4n) is 2.38. The minimum Gasteiger partial charge on any atom is -0.467 e. The normalized spacial score (nSPS) is 28.0. The number of hydrogen-bond acceptors (Lipinski definition) is 11. The zero-order valence-corrected chi connectivity index (χ0v) is 14.8. The van der Waals surface area contributed by atoms with Gasteiger partial charge in [0.15, 0.2) is 30.7 Å². The number of hydrogen-bond donors (Lipinski definition) is 1. The Morgan fingerprint density at radius 1 is 0.885 bits per heavy atom. The first-order valence-corrected chi connectivity index (χ1v) is 7.68. The molecule has 1 aliphatic heterocycles. The van der Waals surface area contributed by atoms with E-state index in [9.17, 15) is 19.2 Å². The molecule has 0 aromatic rings. The van der Waals surface area contributed by atoms with Crippen LogP contribution in [0.1, 0.15) is 20.8 Å². The molecule has 5 atom stereocenters. The van der Waals surface area contributed by atoms with Gasteiger partial charge in [-0.25, -0.2) is 4.79 Å². The molecule has 0 aliphatic carbocycles. The predicted octanol–water partition coefficient (Wildman–Crippen LogP) is -1.31. The maximum Gasteiger partial charge on any atom is 0.339 e. The Labute approximate surface area is 149 Å². The second-order valence-electron chi connectivity index (χ2n) is 5.26. The summed E-state index contributed by atoms with van der Waals surface area (Å²) in [7, 11) is 1.08. The van der Waals surface area contributed by atoms with Crippen LogP contribution in [-0.2, 0) is 47.6 Å². The van der Waals surface area contributed by atoms with Crippen LogP contribution in [0.5, 0.6) is 0 Å². The lowest BCUT2D eigenvalue weighted by Gasteiger charge is -2.43. The topological polar surface area (TPSA) is 144 Å². The highest BCUT2D eigenvalue weighted by atomic mass is 16.7. The van der Waals surface area contributed by atoms with E-state index >= 15 is 0 Å². The second kappa shape index (κ2) is 10.0. The van der Waals surface area contributed by atoms with E-state index in [0.717, 1.165) is 27.9 Å². The summed E-state index contributed by atoms with van der Waals surface area (Å²) in [4.78, 5) is 46.4. The van der Waals surface area contributed by atoms with E-state index < -0.39 is 54.6 Å². The molecule has 0 saturated carbocycles. The standard InChI is InChI=1S/C15H22O11/c1-7(17)23-10-11(24-8(2)18)13(25-9(3)19)15(22-6-5-16)26-12(10)14(20)21-4/h10-13,15-16H,5-6H2,1-4H3/t10-,11-,12-,13+,15?/m0/s1. The summed E-state index contributed by atoms with van der Waals surface area (Å²) in [5, 5.41) is 8.93. The molecule has 0 aromatic heterocycles. The van der Waals surface area contributed by atoms with Gasteiger partial charge in [-0.05, 0) is 0 Å². The molecule has 1 fully saturated rings. The Kier molecular flexibility index (Phi) is 8.42. The quantitative estimate of drug-likeness (QED) is 0.416. The monoisotopic (exact) mass is 378 g/mol. The van der Waals surface area contributed by atoms with E-state index in [1.807, 2.05) is 0 Å². The molecule has 26 heavy (non-hydrogen) atoms. The smallest absolute Gasteiger partial charge is 0.339 e. The Morgan fingerprint density at radius 2 is 1.38 bits per heavy atom. The molecule has 1 heterocycles. The summed E-state index contributed by atoms with van der Waals surface area (Å²) in [6.45, 7) is 2.65. The van der Waals surface area contributed by atoms with E-state index in [1.165, 1.54) is 0 Å². The van der Waals surface area contributed by atoms with Gasteiger partial charge in [0.05, 0.1) is 20.3 Å². The molecule has 1 saturated heterocycles. The van der Waals surface area contributed by atoms with E-state index in [2.05, 4.69) is 4.74 Å². The lowest BCUT2D eigenvalue weighted by Crippen LogP contribution is -2.63. The molecule has 0 bridgehead atoms. The molecule has 1 N–H and O–H groups in total. The predicted molar refractivity (Wildman–Crippen MR) is 80.4 cm³/mol. The molecule has 0 spiro atoms. The molecule has 1 unspecified atom stereocenters. The largest absolute Gasteiger partial charge is 0.467 e. The average molecular weight is 378 g/mol. The van der Waals surface area contributed by atoms with Crippen molar-refractivity contribution in [3.63, 3.8) is 0 Å². The zero-order valence-electron chi connectivity index (χ0n) is 14.8. The summed E-state index contributed by atoms with van der Waals surface area (Å²) >= 11 is 0. The van der Waals surface area contributed by atoms with Crippen molar-refractivity contribution in [1.82, 2.24) is 0 Å². The van der Waals surface area contributed by atoms with Crippen molar-refractivity contribution < 1.29 is 52.7 Å². The summed E-state index contributed by atoms with van der Waals surface area (Å²) < 4.78 is 30.6. The fraction of sp³-hybridized carbons (Fsp3) is 0.733. The van der Waals surface area contributed by atoms with Gasteiger partial charge in [0.2, 0.25) is 0 Å². The van der Waals surface area contributed by atoms with Crippen molar-refractivity contribution >= 4 is 23.9 Å². The first-order chi connectivity index (χ1) is 12.2. The van der Waals surface area contributed by atoms with Crippen molar-refractivity contribution in [2.24, 2.45) is 0 Å².